The molecule has 0 spiro atoms. The van der Waals surface area contributed by atoms with Crippen molar-refractivity contribution in [3.63, 3.8) is 0 Å². The largest absolute Gasteiger partial charge is 0.353 e. The van der Waals surface area contributed by atoms with Gasteiger partial charge in [-0.2, -0.15) is 0 Å². The summed E-state index contributed by atoms with van der Waals surface area (Å²) in [5.41, 5.74) is 5.92. The van der Waals surface area contributed by atoms with Crippen molar-refractivity contribution in [2.75, 3.05) is 26.2 Å². The standard InChI is InChI=1S/C19H36N4O2/c1-15(2)17(20)18(25)21-13-16(24)22-14-19(9-5-3-6-10-19)23-11-7-4-8-12-23/h15,17H,3-14,20H2,1-2H3,(H,21,25)(H,22,24)/t17-/m0/s1. The van der Waals surface area contributed by atoms with Gasteiger partial charge < -0.3 is 16.4 Å². The van der Waals surface area contributed by atoms with Crippen LogP contribution in [0, 0.1) is 5.92 Å². The van der Waals surface area contributed by atoms with Crippen molar-refractivity contribution in [2.24, 2.45) is 11.7 Å². The predicted octanol–water partition coefficient (Wildman–Crippen LogP) is 1.39. The van der Waals surface area contributed by atoms with Crippen LogP contribution in [0.15, 0.2) is 0 Å². The highest BCUT2D eigenvalue weighted by molar-refractivity contribution is 5.87. The fourth-order valence-electron chi connectivity index (χ4n) is 4.10. The van der Waals surface area contributed by atoms with Crippen LogP contribution in [-0.4, -0.2) is 54.5 Å². The van der Waals surface area contributed by atoms with Crippen LogP contribution >= 0.6 is 0 Å². The first-order valence-electron chi connectivity index (χ1n) is 10.00. The van der Waals surface area contributed by atoms with E-state index in [-0.39, 0.29) is 29.8 Å². The normalized spacial score (nSPS) is 22.4. The van der Waals surface area contributed by atoms with Gasteiger partial charge in [0.05, 0.1) is 12.6 Å². The molecule has 6 heteroatoms. The van der Waals surface area contributed by atoms with Gasteiger partial charge in [-0.3, -0.25) is 14.5 Å². The zero-order chi connectivity index (χ0) is 18.3. The Labute approximate surface area is 152 Å². The van der Waals surface area contributed by atoms with E-state index in [2.05, 4.69) is 15.5 Å². The highest BCUT2D eigenvalue weighted by Gasteiger charge is 2.38. The maximum absolute atomic E-state index is 12.2. The monoisotopic (exact) mass is 352 g/mol. The Morgan fingerprint density at radius 3 is 2.20 bits per heavy atom. The number of nitrogens with two attached hydrogens (primary N) is 1. The van der Waals surface area contributed by atoms with Gasteiger partial charge in [0.2, 0.25) is 11.8 Å². The van der Waals surface area contributed by atoms with E-state index in [0.717, 1.165) is 25.9 Å². The van der Waals surface area contributed by atoms with Gasteiger partial charge in [-0.1, -0.05) is 39.5 Å². The fraction of sp³-hybridized carbons (Fsp3) is 0.895. The number of piperidine rings is 1. The molecule has 1 aliphatic carbocycles. The van der Waals surface area contributed by atoms with E-state index in [4.69, 9.17) is 5.73 Å². The first-order chi connectivity index (χ1) is 11.9. The van der Waals surface area contributed by atoms with Crippen molar-refractivity contribution in [3.05, 3.63) is 0 Å². The molecule has 2 rings (SSSR count). The molecule has 0 unspecified atom stereocenters. The summed E-state index contributed by atoms with van der Waals surface area (Å²) in [5.74, 6) is -0.313. The molecule has 0 aromatic heterocycles. The molecular weight excluding hydrogens is 316 g/mol. The van der Waals surface area contributed by atoms with Gasteiger partial charge in [-0.25, -0.2) is 0 Å². The minimum Gasteiger partial charge on any atom is -0.353 e. The Morgan fingerprint density at radius 2 is 1.60 bits per heavy atom. The molecule has 6 nitrogen and oxygen atoms in total. The van der Waals surface area contributed by atoms with Crippen molar-refractivity contribution >= 4 is 11.8 Å². The van der Waals surface area contributed by atoms with Gasteiger partial charge in [0.1, 0.15) is 0 Å². The summed E-state index contributed by atoms with van der Waals surface area (Å²) >= 11 is 0. The fourth-order valence-corrected chi connectivity index (χ4v) is 4.10. The number of nitrogens with zero attached hydrogens (tertiary/aromatic N) is 1. The topological polar surface area (TPSA) is 87.5 Å². The van der Waals surface area contributed by atoms with E-state index in [1.807, 2.05) is 13.8 Å². The quantitative estimate of drug-likeness (QED) is 0.646. The maximum Gasteiger partial charge on any atom is 0.239 e. The first kappa shape index (κ1) is 20.2. The second-order valence-electron chi connectivity index (χ2n) is 8.10. The Morgan fingerprint density at radius 1 is 1.00 bits per heavy atom. The van der Waals surface area contributed by atoms with Crippen LogP contribution in [0.2, 0.25) is 0 Å². The number of hydrogen-bond donors (Lipinski definition) is 3. The van der Waals surface area contributed by atoms with Gasteiger partial charge in [0.25, 0.3) is 0 Å². The molecule has 0 bridgehead atoms. The molecule has 0 radical (unpaired) electrons. The van der Waals surface area contributed by atoms with Crippen molar-refractivity contribution < 1.29 is 9.59 Å². The lowest BCUT2D eigenvalue weighted by Gasteiger charge is -2.48. The second-order valence-corrected chi connectivity index (χ2v) is 8.10. The number of amides is 2. The minimum atomic E-state index is -0.564. The maximum atomic E-state index is 12.2. The molecular formula is C19H36N4O2. The smallest absolute Gasteiger partial charge is 0.239 e. The highest BCUT2D eigenvalue weighted by atomic mass is 16.2. The summed E-state index contributed by atoms with van der Waals surface area (Å²) in [6.45, 7) is 6.80. The highest BCUT2D eigenvalue weighted by Crippen LogP contribution is 2.35. The van der Waals surface area contributed by atoms with Gasteiger partial charge >= 0.3 is 0 Å². The van der Waals surface area contributed by atoms with Crippen LogP contribution in [0.3, 0.4) is 0 Å². The average molecular weight is 353 g/mol. The molecule has 0 aromatic rings. The summed E-state index contributed by atoms with van der Waals surface area (Å²) in [6, 6.07) is -0.564. The summed E-state index contributed by atoms with van der Waals surface area (Å²) in [6.07, 6.45) is 9.96. The lowest BCUT2D eigenvalue weighted by Crippen LogP contribution is -2.58. The third kappa shape index (κ3) is 5.68. The summed E-state index contributed by atoms with van der Waals surface area (Å²) in [5, 5.41) is 5.73. The second kappa shape index (κ2) is 9.53. The average Bonchev–Trinajstić information content (AvgIpc) is 2.65. The summed E-state index contributed by atoms with van der Waals surface area (Å²) < 4.78 is 0. The lowest BCUT2D eigenvalue weighted by atomic mass is 9.79. The summed E-state index contributed by atoms with van der Waals surface area (Å²) in [7, 11) is 0. The number of carbonyl (C=O) groups is 2. The van der Waals surface area contributed by atoms with E-state index >= 15 is 0 Å². The molecule has 1 saturated heterocycles. The molecule has 144 valence electrons. The van der Waals surface area contributed by atoms with E-state index < -0.39 is 6.04 Å². The van der Waals surface area contributed by atoms with Crippen LogP contribution in [0.1, 0.15) is 65.2 Å². The van der Waals surface area contributed by atoms with E-state index in [0.29, 0.717) is 6.54 Å². The number of carbonyl (C=O) groups excluding carboxylic acids is 2. The van der Waals surface area contributed by atoms with Gasteiger partial charge in [-0.05, 0) is 44.7 Å². The molecule has 1 atom stereocenters. The SMILES string of the molecule is CC(C)[C@H](N)C(=O)NCC(=O)NCC1(N2CCCCC2)CCCCC1. The van der Waals surface area contributed by atoms with Gasteiger partial charge in [0, 0.05) is 12.1 Å². The molecule has 2 aliphatic rings. The number of likely N-dealkylation sites (tertiary alicyclic amines) is 1. The Bertz CT molecular complexity index is 441. The van der Waals surface area contributed by atoms with Gasteiger partial charge in [0.15, 0.2) is 0 Å². The molecule has 25 heavy (non-hydrogen) atoms. The third-order valence-electron chi connectivity index (χ3n) is 5.87. The Hall–Kier alpha value is -1.14. The van der Waals surface area contributed by atoms with Crippen LogP contribution in [0.25, 0.3) is 0 Å². The number of hydrogen-bond acceptors (Lipinski definition) is 4. The lowest BCUT2D eigenvalue weighted by molar-refractivity contribution is -0.127. The van der Waals surface area contributed by atoms with Crippen LogP contribution in [0.5, 0.6) is 0 Å². The van der Waals surface area contributed by atoms with Gasteiger partial charge in [-0.15, -0.1) is 0 Å². The predicted molar refractivity (Wildman–Crippen MR) is 100 cm³/mol. The van der Waals surface area contributed by atoms with Crippen LogP contribution in [-0.2, 0) is 9.59 Å². The van der Waals surface area contributed by atoms with Crippen molar-refractivity contribution in [1.29, 1.82) is 0 Å². The van der Waals surface area contributed by atoms with Crippen LogP contribution < -0.4 is 16.4 Å². The molecule has 1 heterocycles. The van der Waals surface area contributed by atoms with Crippen molar-refractivity contribution in [2.45, 2.75) is 76.8 Å². The Balaban J connectivity index is 1.83. The van der Waals surface area contributed by atoms with Crippen molar-refractivity contribution in [3.8, 4) is 0 Å². The molecule has 0 aromatic carbocycles. The minimum absolute atomic E-state index is 0.00926. The van der Waals surface area contributed by atoms with E-state index in [1.54, 1.807) is 0 Å². The molecule has 4 N–H and O–H groups in total. The molecule has 2 amide bonds. The van der Waals surface area contributed by atoms with Crippen LogP contribution in [0.4, 0.5) is 0 Å². The van der Waals surface area contributed by atoms with E-state index in [1.165, 1.54) is 38.5 Å². The number of nitrogens with one attached hydrogen (secondary N) is 2. The first-order valence-corrected chi connectivity index (χ1v) is 10.00. The summed E-state index contributed by atoms with van der Waals surface area (Å²) in [4.78, 5) is 26.7. The molecule has 1 saturated carbocycles. The zero-order valence-corrected chi connectivity index (χ0v) is 16.0. The third-order valence-corrected chi connectivity index (χ3v) is 5.87. The molecule has 1 aliphatic heterocycles. The number of rotatable bonds is 7. The Kier molecular flexibility index (Phi) is 7.69. The zero-order valence-electron chi connectivity index (χ0n) is 16.0. The van der Waals surface area contributed by atoms with E-state index in [9.17, 15) is 9.59 Å². The molecule has 2 fully saturated rings. The van der Waals surface area contributed by atoms with Crippen molar-refractivity contribution in [1.82, 2.24) is 15.5 Å².